The molecule has 0 bridgehead atoms. The van der Waals surface area contributed by atoms with Crippen molar-refractivity contribution in [1.82, 2.24) is 0 Å². The van der Waals surface area contributed by atoms with Gasteiger partial charge in [0.2, 0.25) is 0 Å². The Morgan fingerprint density at radius 2 is 1.32 bits per heavy atom. The Morgan fingerprint density at radius 3 is 1.85 bits per heavy atom. The summed E-state index contributed by atoms with van der Waals surface area (Å²) in [6.07, 6.45) is 6.85. The first-order valence-electron chi connectivity index (χ1n) is 14.0. The molecule has 1 heterocycles. The molecule has 1 atom stereocenters. The van der Waals surface area contributed by atoms with E-state index < -0.39 is 6.83 Å². The summed E-state index contributed by atoms with van der Waals surface area (Å²) in [7, 11) is 0. The molecular formula is C37H38ClOP. The van der Waals surface area contributed by atoms with Gasteiger partial charge in [-0.1, -0.05) is 0 Å². The molecule has 4 aromatic carbocycles. The normalized spacial score (nSPS) is 18.9. The number of hydrogen-bond donors (Lipinski definition) is 0. The van der Waals surface area contributed by atoms with Crippen LogP contribution in [0.25, 0.3) is 0 Å². The van der Waals surface area contributed by atoms with Crippen LogP contribution >= 0.6 is 18.4 Å². The van der Waals surface area contributed by atoms with Gasteiger partial charge in [-0.25, -0.2) is 0 Å². The van der Waals surface area contributed by atoms with E-state index in [1.165, 1.54) is 49.1 Å². The predicted molar refractivity (Wildman–Crippen MR) is 176 cm³/mol. The van der Waals surface area contributed by atoms with Crippen molar-refractivity contribution in [1.29, 1.82) is 0 Å². The zero-order valence-electron chi connectivity index (χ0n) is 24.1. The summed E-state index contributed by atoms with van der Waals surface area (Å²) >= 11 is 6.34. The predicted octanol–water partition coefficient (Wildman–Crippen LogP) is 9.36. The third kappa shape index (κ3) is 4.33. The Labute approximate surface area is 244 Å². The molecule has 1 aliphatic heterocycles. The van der Waals surface area contributed by atoms with E-state index in [9.17, 15) is 0 Å². The first-order chi connectivity index (χ1) is 19.2. The van der Waals surface area contributed by atoms with Crippen molar-refractivity contribution in [2.75, 3.05) is 0 Å². The quantitative estimate of drug-likeness (QED) is 0.160. The summed E-state index contributed by atoms with van der Waals surface area (Å²) in [6.45, 7) is 11.2. The van der Waals surface area contributed by atoms with Gasteiger partial charge in [0.25, 0.3) is 0 Å². The Kier molecular flexibility index (Phi) is 7.77. The number of benzene rings is 4. The summed E-state index contributed by atoms with van der Waals surface area (Å²) < 4.78 is 7.93. The van der Waals surface area contributed by atoms with E-state index in [1.807, 2.05) is 18.2 Å². The van der Waals surface area contributed by atoms with Crippen molar-refractivity contribution < 1.29 is 4.52 Å². The van der Waals surface area contributed by atoms with Gasteiger partial charge in [-0.15, -0.1) is 0 Å². The molecule has 4 aromatic rings. The van der Waals surface area contributed by atoms with Gasteiger partial charge in [0.05, 0.1) is 0 Å². The Morgan fingerprint density at radius 1 is 0.775 bits per heavy atom. The van der Waals surface area contributed by atoms with Crippen LogP contribution in [-0.2, 0) is 10.9 Å². The maximum atomic E-state index is 7.93. The van der Waals surface area contributed by atoms with Gasteiger partial charge in [-0.05, 0) is 0 Å². The molecule has 0 saturated carbocycles. The van der Waals surface area contributed by atoms with E-state index in [0.29, 0.717) is 0 Å². The first kappa shape index (κ1) is 28.3. The topological polar surface area (TPSA) is 9.23 Å². The molecule has 0 aromatic heterocycles. The fourth-order valence-electron chi connectivity index (χ4n) is 6.28. The summed E-state index contributed by atoms with van der Waals surface area (Å²) in [6, 6.07) is 33.1. The van der Waals surface area contributed by atoms with Crippen molar-refractivity contribution in [2.24, 2.45) is 0 Å². The van der Waals surface area contributed by atoms with Gasteiger partial charge in [-0.2, -0.15) is 0 Å². The second-order valence-electron chi connectivity index (χ2n) is 10.9. The number of allylic oxidation sites excluding steroid dienone is 4. The Bertz CT molecular complexity index is 1560. The van der Waals surface area contributed by atoms with Crippen molar-refractivity contribution in [3.05, 3.63) is 160 Å². The van der Waals surface area contributed by atoms with Gasteiger partial charge in [0.15, 0.2) is 0 Å². The third-order valence-electron chi connectivity index (χ3n) is 8.27. The fourth-order valence-corrected chi connectivity index (χ4v) is 13.0. The van der Waals surface area contributed by atoms with E-state index in [0.717, 1.165) is 17.0 Å². The van der Waals surface area contributed by atoms with Gasteiger partial charge < -0.3 is 0 Å². The Balaban J connectivity index is 2.04. The molecule has 0 spiro atoms. The molecule has 0 saturated heterocycles. The van der Waals surface area contributed by atoms with Crippen molar-refractivity contribution >= 4 is 34.3 Å². The van der Waals surface area contributed by atoms with Gasteiger partial charge in [0, 0.05) is 0 Å². The van der Waals surface area contributed by atoms with Crippen LogP contribution in [0.2, 0.25) is 5.02 Å². The second kappa shape index (κ2) is 11.0. The number of rotatable bonds is 7. The van der Waals surface area contributed by atoms with Crippen LogP contribution in [-0.4, -0.2) is 0 Å². The van der Waals surface area contributed by atoms with Crippen LogP contribution in [0.1, 0.15) is 47.8 Å². The molecular weight excluding hydrogens is 527 g/mol. The molecule has 5 rings (SSSR count). The van der Waals surface area contributed by atoms with Gasteiger partial charge in [0.1, 0.15) is 0 Å². The average Bonchev–Trinajstić information content (AvgIpc) is 3.23. The Hall–Kier alpha value is -3.22. The van der Waals surface area contributed by atoms with Crippen molar-refractivity contribution in [2.45, 2.75) is 47.1 Å². The molecule has 0 fully saturated rings. The molecule has 0 aliphatic carbocycles. The van der Waals surface area contributed by atoms with Crippen LogP contribution in [0.3, 0.4) is 0 Å². The molecule has 0 N–H and O–H groups in total. The van der Waals surface area contributed by atoms with Crippen LogP contribution in [0.15, 0.2) is 127 Å². The van der Waals surface area contributed by atoms with Crippen LogP contribution in [0, 0.1) is 20.8 Å². The monoisotopic (exact) mass is 564 g/mol. The SMILES string of the molecule is C=CC=CC1=C(C)C(c2ccc(Cl)cc2)OP1(c1ccc(C)cc1)(c1ccc(C)cc1)c1ccc(C)cc1CC. The number of halogens is 1. The molecule has 1 unspecified atom stereocenters. The summed E-state index contributed by atoms with van der Waals surface area (Å²) in [5.74, 6) is 0. The van der Waals surface area contributed by atoms with Gasteiger partial charge >= 0.3 is 246 Å². The third-order valence-corrected chi connectivity index (χ3v) is 14.5. The average molecular weight is 565 g/mol. The molecule has 0 radical (unpaired) electrons. The van der Waals surface area contributed by atoms with Crippen LogP contribution < -0.4 is 15.9 Å². The van der Waals surface area contributed by atoms with Crippen LogP contribution in [0.4, 0.5) is 0 Å². The fraction of sp³-hybridized carbons (Fsp3) is 0.189. The molecule has 204 valence electrons. The van der Waals surface area contributed by atoms with E-state index in [2.05, 4.69) is 132 Å². The summed E-state index contributed by atoms with van der Waals surface area (Å²) in [4.78, 5) is 0. The minimum absolute atomic E-state index is 0.243. The second-order valence-corrected chi connectivity index (χ2v) is 15.6. The van der Waals surface area contributed by atoms with Crippen LogP contribution in [0.5, 0.6) is 0 Å². The zero-order valence-corrected chi connectivity index (χ0v) is 25.8. The first-order valence-corrected chi connectivity index (χ1v) is 16.5. The standard InChI is InChI=1S/C37H38ClOP/c1-7-9-10-35-29(6)37(31-16-18-32(38)19-17-31)39-40(35,33-20-11-26(3)12-21-33,34-22-13-27(4)14-23-34)36-24-15-28(5)25-30(36)8-2/h7,9-25,37H,1,8H2,2-6H3. The van der Waals surface area contributed by atoms with E-state index >= 15 is 0 Å². The molecule has 1 nitrogen and oxygen atoms in total. The molecule has 3 heteroatoms. The van der Waals surface area contributed by atoms with E-state index in [1.54, 1.807) is 0 Å². The minimum atomic E-state index is -3.76. The van der Waals surface area contributed by atoms with Crippen molar-refractivity contribution in [3.63, 3.8) is 0 Å². The molecule has 40 heavy (non-hydrogen) atoms. The van der Waals surface area contributed by atoms with E-state index in [-0.39, 0.29) is 6.10 Å². The van der Waals surface area contributed by atoms with E-state index in [4.69, 9.17) is 16.1 Å². The van der Waals surface area contributed by atoms with Gasteiger partial charge in [-0.3, -0.25) is 0 Å². The molecule has 1 aliphatic rings. The molecule has 0 amide bonds. The summed E-state index contributed by atoms with van der Waals surface area (Å²) in [5, 5.41) is 5.64. The maximum absolute atomic E-state index is 7.93. The summed E-state index contributed by atoms with van der Waals surface area (Å²) in [5.41, 5.74) is 7.32. The zero-order chi connectivity index (χ0) is 28.5. The van der Waals surface area contributed by atoms with Crippen molar-refractivity contribution in [3.8, 4) is 0 Å². The number of hydrogen-bond acceptors (Lipinski definition) is 1. The number of aryl methyl sites for hydroxylation is 4.